The van der Waals surface area contributed by atoms with Crippen molar-refractivity contribution in [1.82, 2.24) is 21.5 Å². The van der Waals surface area contributed by atoms with Crippen LogP contribution in [0, 0.1) is 11.6 Å². The van der Waals surface area contributed by atoms with Crippen LogP contribution < -0.4 is 21.5 Å². The Labute approximate surface area is 179 Å². The van der Waals surface area contributed by atoms with Crippen LogP contribution in [0.1, 0.15) is 49.2 Å². The maximum absolute atomic E-state index is 13.7. The lowest BCUT2D eigenvalue weighted by Crippen LogP contribution is -2.50. The molecule has 6 nitrogen and oxygen atoms in total. The average Bonchev–Trinajstić information content (AvgIpc) is 3.11. The van der Waals surface area contributed by atoms with Crippen LogP contribution >= 0.6 is 11.6 Å². The van der Waals surface area contributed by atoms with Crippen LogP contribution in [0.25, 0.3) is 0 Å². The molecule has 1 heterocycles. The zero-order chi connectivity index (χ0) is 21.9. The van der Waals surface area contributed by atoms with E-state index < -0.39 is 11.7 Å². The Bertz CT molecular complexity index is 943. The number of carbonyl (C=O) groups excluding carboxylic acids is 1. The Balaban J connectivity index is 1.74. The highest BCUT2D eigenvalue weighted by Crippen LogP contribution is 2.23. The highest BCUT2D eigenvalue weighted by atomic mass is 35.5. The zero-order valence-corrected chi connectivity index (χ0v) is 17.6. The molecule has 0 aliphatic carbocycles. The molecule has 2 unspecified atom stereocenters. The molecule has 1 aliphatic heterocycles. The van der Waals surface area contributed by atoms with Crippen LogP contribution in [-0.4, -0.2) is 23.6 Å². The van der Waals surface area contributed by atoms with Gasteiger partial charge < -0.3 is 5.32 Å². The number of rotatable bonds is 3. The van der Waals surface area contributed by atoms with Crippen LogP contribution in [0.3, 0.4) is 0 Å². The molecule has 1 amide bonds. The van der Waals surface area contributed by atoms with Crippen molar-refractivity contribution < 1.29 is 13.6 Å². The molecule has 1 saturated heterocycles. The van der Waals surface area contributed by atoms with Crippen molar-refractivity contribution in [3.05, 3.63) is 70.2 Å². The number of amides is 1. The fourth-order valence-corrected chi connectivity index (χ4v) is 3.08. The van der Waals surface area contributed by atoms with Gasteiger partial charge in [0.2, 0.25) is 0 Å². The van der Waals surface area contributed by atoms with Crippen molar-refractivity contribution in [2.24, 2.45) is 4.99 Å². The first kappa shape index (κ1) is 22.1. The molecule has 0 bridgehead atoms. The summed E-state index contributed by atoms with van der Waals surface area (Å²) < 4.78 is 26.9. The Morgan fingerprint density at radius 2 is 1.83 bits per heavy atom. The second-order valence-corrected chi connectivity index (χ2v) is 8.49. The molecule has 2 atom stereocenters. The van der Waals surface area contributed by atoms with Gasteiger partial charge in [-0.3, -0.25) is 10.1 Å². The molecule has 0 saturated carbocycles. The molecule has 2 aromatic rings. The van der Waals surface area contributed by atoms with Crippen molar-refractivity contribution >= 4 is 23.5 Å². The molecule has 0 spiro atoms. The fraction of sp³-hybridized carbons (Fsp3) is 0.333. The summed E-state index contributed by atoms with van der Waals surface area (Å²) in [5, 5.41) is 5.80. The highest BCUT2D eigenvalue weighted by molar-refractivity contribution is 6.30. The number of hydrogen-bond acceptors (Lipinski definition) is 4. The standard InChI is InChI=1S/C21H24ClF2N5O/c1-21(2,3)27-20(26-19(30)13-6-9-15(22)16(24)10-13)25-18-11-17(28-29-18)12-4-7-14(23)8-5-12/h4-10,17-18,28-29H,11H2,1-3H3,(H2,25,26,27,30). The van der Waals surface area contributed by atoms with Gasteiger partial charge in [-0.15, -0.1) is 0 Å². The van der Waals surface area contributed by atoms with Crippen molar-refractivity contribution in [3.63, 3.8) is 0 Å². The van der Waals surface area contributed by atoms with E-state index in [1.54, 1.807) is 12.1 Å². The van der Waals surface area contributed by atoms with Gasteiger partial charge in [-0.1, -0.05) is 23.7 Å². The normalized spacial score (nSPS) is 19.6. The smallest absolute Gasteiger partial charge is 0.258 e. The lowest BCUT2D eigenvalue weighted by Gasteiger charge is -2.24. The van der Waals surface area contributed by atoms with E-state index in [0.717, 1.165) is 11.6 Å². The van der Waals surface area contributed by atoms with Gasteiger partial charge in [0.25, 0.3) is 5.91 Å². The third-order valence-electron chi connectivity index (χ3n) is 4.35. The third kappa shape index (κ3) is 5.98. The Kier molecular flexibility index (Phi) is 6.70. The minimum absolute atomic E-state index is 0.0543. The number of nitrogens with one attached hydrogen (secondary N) is 4. The summed E-state index contributed by atoms with van der Waals surface area (Å²) in [6, 6.07) is 10.0. The van der Waals surface area contributed by atoms with Gasteiger partial charge in [0.15, 0.2) is 5.96 Å². The first-order chi connectivity index (χ1) is 14.1. The first-order valence-corrected chi connectivity index (χ1v) is 9.87. The first-order valence-electron chi connectivity index (χ1n) is 9.49. The number of aliphatic imine (C=N–C) groups is 1. The lowest BCUT2D eigenvalue weighted by molar-refractivity contribution is 0.0974. The molecule has 0 aromatic heterocycles. The second-order valence-electron chi connectivity index (χ2n) is 8.08. The number of nitrogens with zero attached hydrogens (tertiary/aromatic N) is 1. The monoisotopic (exact) mass is 435 g/mol. The minimum atomic E-state index is -0.671. The van der Waals surface area contributed by atoms with E-state index in [-0.39, 0.29) is 40.1 Å². The molecule has 30 heavy (non-hydrogen) atoms. The van der Waals surface area contributed by atoms with Crippen molar-refractivity contribution in [2.75, 3.05) is 0 Å². The third-order valence-corrected chi connectivity index (χ3v) is 4.65. The van der Waals surface area contributed by atoms with Crippen molar-refractivity contribution in [3.8, 4) is 0 Å². The molecule has 0 radical (unpaired) electrons. The minimum Gasteiger partial charge on any atom is -0.351 e. The van der Waals surface area contributed by atoms with E-state index in [1.807, 2.05) is 20.8 Å². The van der Waals surface area contributed by atoms with Crippen LogP contribution in [-0.2, 0) is 0 Å². The molecular formula is C21H24ClF2N5O. The van der Waals surface area contributed by atoms with Crippen LogP contribution in [0.15, 0.2) is 47.5 Å². The highest BCUT2D eigenvalue weighted by Gasteiger charge is 2.26. The molecule has 3 rings (SSSR count). The largest absolute Gasteiger partial charge is 0.351 e. The van der Waals surface area contributed by atoms with Crippen LogP contribution in [0.5, 0.6) is 0 Å². The maximum atomic E-state index is 13.7. The molecule has 9 heteroatoms. The molecule has 4 N–H and O–H groups in total. The molecule has 1 fully saturated rings. The van der Waals surface area contributed by atoms with Gasteiger partial charge in [-0.25, -0.2) is 24.6 Å². The molecule has 1 aliphatic rings. The SMILES string of the molecule is CC(C)(C)NC(=NC1CC(c2ccc(F)cc2)NN1)NC(=O)c1ccc(Cl)c(F)c1. The summed E-state index contributed by atoms with van der Waals surface area (Å²) in [4.78, 5) is 17.1. The van der Waals surface area contributed by atoms with E-state index in [2.05, 4.69) is 26.5 Å². The summed E-state index contributed by atoms with van der Waals surface area (Å²) in [6.45, 7) is 5.79. The van der Waals surface area contributed by atoms with Gasteiger partial charge in [-0.2, -0.15) is 0 Å². The molecule has 160 valence electrons. The number of hydrogen-bond donors (Lipinski definition) is 4. The maximum Gasteiger partial charge on any atom is 0.258 e. The Morgan fingerprint density at radius 3 is 2.47 bits per heavy atom. The molecule has 2 aromatic carbocycles. The van der Waals surface area contributed by atoms with Gasteiger partial charge >= 0.3 is 0 Å². The van der Waals surface area contributed by atoms with Crippen LogP contribution in [0.2, 0.25) is 5.02 Å². The number of hydrazine groups is 1. The van der Waals surface area contributed by atoms with Gasteiger partial charge in [0, 0.05) is 23.6 Å². The summed E-state index contributed by atoms with van der Waals surface area (Å²) >= 11 is 5.69. The molecular weight excluding hydrogens is 412 g/mol. The summed E-state index contributed by atoms with van der Waals surface area (Å²) in [5.74, 6) is -1.23. The number of carbonyl (C=O) groups is 1. The summed E-state index contributed by atoms with van der Waals surface area (Å²) in [5.41, 5.74) is 6.87. The van der Waals surface area contributed by atoms with E-state index in [9.17, 15) is 13.6 Å². The number of guanidine groups is 1. The van der Waals surface area contributed by atoms with Crippen molar-refractivity contribution in [1.29, 1.82) is 0 Å². The predicted molar refractivity (Wildman–Crippen MR) is 113 cm³/mol. The summed E-state index contributed by atoms with van der Waals surface area (Å²) in [6.07, 6.45) is 0.249. The van der Waals surface area contributed by atoms with E-state index >= 15 is 0 Å². The van der Waals surface area contributed by atoms with Gasteiger partial charge in [0.1, 0.15) is 17.8 Å². The summed E-state index contributed by atoms with van der Waals surface area (Å²) in [7, 11) is 0. The number of halogens is 3. The lowest BCUT2D eigenvalue weighted by atomic mass is 10.0. The van der Waals surface area contributed by atoms with E-state index in [0.29, 0.717) is 6.42 Å². The Hall–Kier alpha value is -2.55. The average molecular weight is 436 g/mol. The predicted octanol–water partition coefficient (Wildman–Crippen LogP) is 3.66. The van der Waals surface area contributed by atoms with E-state index in [1.165, 1.54) is 24.3 Å². The topological polar surface area (TPSA) is 77.6 Å². The van der Waals surface area contributed by atoms with Gasteiger partial charge in [0.05, 0.1) is 5.02 Å². The second kappa shape index (κ2) is 9.07. The number of benzene rings is 2. The fourth-order valence-electron chi connectivity index (χ4n) is 2.96. The van der Waals surface area contributed by atoms with Gasteiger partial charge in [-0.05, 0) is 56.7 Å². The zero-order valence-electron chi connectivity index (χ0n) is 16.9. The van der Waals surface area contributed by atoms with Crippen LogP contribution in [0.4, 0.5) is 8.78 Å². The van der Waals surface area contributed by atoms with E-state index in [4.69, 9.17) is 11.6 Å². The Morgan fingerprint density at radius 1 is 1.13 bits per heavy atom. The quantitative estimate of drug-likeness (QED) is 0.438. The van der Waals surface area contributed by atoms with Crippen molar-refractivity contribution in [2.45, 2.75) is 44.9 Å².